The van der Waals surface area contributed by atoms with E-state index in [1.807, 2.05) is 6.07 Å². The lowest BCUT2D eigenvalue weighted by Gasteiger charge is -2.03. The van der Waals surface area contributed by atoms with Gasteiger partial charge in [-0.05, 0) is 18.2 Å². The number of hydrogen-bond acceptors (Lipinski definition) is 4. The van der Waals surface area contributed by atoms with Crippen LogP contribution < -0.4 is 5.73 Å². The summed E-state index contributed by atoms with van der Waals surface area (Å²) in [7, 11) is 0. The molecule has 68 valence electrons. The molecule has 0 saturated carbocycles. The molecule has 0 aliphatic carbocycles. The Bertz CT molecular complexity index is 330. The molecule has 0 aliphatic rings. The summed E-state index contributed by atoms with van der Waals surface area (Å²) in [5.74, 6) is 0.978. The highest BCUT2D eigenvalue weighted by Crippen LogP contribution is 2.25. The van der Waals surface area contributed by atoms with Crippen molar-refractivity contribution in [3.63, 3.8) is 0 Å². The molecule has 4 heteroatoms. The molecule has 0 radical (unpaired) electrons. The summed E-state index contributed by atoms with van der Waals surface area (Å²) >= 11 is 1.59. The average Bonchev–Trinajstić information content (AvgIpc) is 2.16. The predicted molar refractivity (Wildman–Crippen MR) is 54.4 cm³/mol. The van der Waals surface area contributed by atoms with E-state index in [-0.39, 0.29) is 0 Å². The second-order valence-electron chi connectivity index (χ2n) is 2.54. The lowest BCUT2D eigenvalue weighted by atomic mass is 10.2. The smallest absolute Gasteiger partial charge is 0.120 e. The Morgan fingerprint density at radius 2 is 2.46 bits per heavy atom. The number of hydrogen-bond donors (Lipinski definition) is 1. The Labute approximate surface area is 82.0 Å². The first-order valence-electron chi connectivity index (χ1n) is 4.07. The first-order valence-corrected chi connectivity index (χ1v) is 5.05. The van der Waals surface area contributed by atoms with Gasteiger partial charge in [0.15, 0.2) is 0 Å². The fourth-order valence-electron chi connectivity index (χ4n) is 0.865. The monoisotopic (exact) mass is 193 g/mol. The van der Waals surface area contributed by atoms with Crippen LogP contribution in [0.1, 0.15) is 18.9 Å². The molecule has 1 heterocycles. The molecule has 0 bridgehead atoms. The van der Waals surface area contributed by atoms with Crippen LogP contribution >= 0.6 is 11.8 Å². The van der Waals surface area contributed by atoms with E-state index < -0.39 is 0 Å². The third kappa shape index (κ3) is 2.36. The number of thioether (sulfide) groups is 1. The van der Waals surface area contributed by atoms with Crippen LogP contribution in [0.2, 0.25) is 0 Å². The normalized spacial score (nSPS) is 9.54. The summed E-state index contributed by atoms with van der Waals surface area (Å²) in [6, 6.07) is 3.66. The molecule has 1 aromatic rings. The molecule has 0 spiro atoms. The molecule has 1 aromatic heterocycles. The molecule has 0 fully saturated rings. The second kappa shape index (κ2) is 4.73. The number of nitrogens with zero attached hydrogens (tertiary/aromatic N) is 2. The third-order valence-corrected chi connectivity index (χ3v) is 2.73. The molecular weight excluding hydrogens is 182 g/mol. The van der Waals surface area contributed by atoms with Gasteiger partial charge in [-0.3, -0.25) is 0 Å². The van der Waals surface area contributed by atoms with E-state index >= 15 is 0 Å². The SMILES string of the molecule is CCCSc1nccc(C#N)c1N. The van der Waals surface area contributed by atoms with Gasteiger partial charge in [-0.15, -0.1) is 11.8 Å². The third-order valence-electron chi connectivity index (χ3n) is 1.52. The van der Waals surface area contributed by atoms with Crippen molar-refractivity contribution in [3.05, 3.63) is 17.8 Å². The maximum absolute atomic E-state index is 8.70. The number of pyridine rings is 1. The summed E-state index contributed by atoms with van der Waals surface area (Å²) in [5, 5.41) is 9.47. The topological polar surface area (TPSA) is 62.7 Å². The molecule has 0 saturated heterocycles. The summed E-state index contributed by atoms with van der Waals surface area (Å²) in [4.78, 5) is 4.11. The van der Waals surface area contributed by atoms with Gasteiger partial charge in [-0.1, -0.05) is 6.92 Å². The van der Waals surface area contributed by atoms with Gasteiger partial charge in [0.2, 0.25) is 0 Å². The van der Waals surface area contributed by atoms with Crippen LogP contribution in [0.4, 0.5) is 5.69 Å². The fraction of sp³-hybridized carbons (Fsp3) is 0.333. The van der Waals surface area contributed by atoms with Crippen molar-refractivity contribution in [2.75, 3.05) is 11.5 Å². The van der Waals surface area contributed by atoms with E-state index in [0.29, 0.717) is 11.3 Å². The number of nitriles is 1. The highest BCUT2D eigenvalue weighted by atomic mass is 32.2. The van der Waals surface area contributed by atoms with E-state index in [4.69, 9.17) is 11.0 Å². The minimum absolute atomic E-state index is 0.503. The van der Waals surface area contributed by atoms with Crippen LogP contribution in [0.5, 0.6) is 0 Å². The van der Waals surface area contributed by atoms with Gasteiger partial charge in [0.1, 0.15) is 11.1 Å². The Balaban J connectivity index is 2.90. The van der Waals surface area contributed by atoms with E-state index in [1.54, 1.807) is 24.0 Å². The lowest BCUT2D eigenvalue weighted by Crippen LogP contribution is -1.95. The number of nitrogens with two attached hydrogens (primary N) is 1. The van der Waals surface area contributed by atoms with Crippen molar-refractivity contribution in [3.8, 4) is 6.07 Å². The molecule has 0 atom stereocenters. The zero-order chi connectivity index (χ0) is 9.68. The van der Waals surface area contributed by atoms with Crippen LogP contribution in [0, 0.1) is 11.3 Å². The standard InChI is InChI=1S/C9H11N3S/c1-2-5-13-9-8(11)7(6-10)3-4-12-9/h3-4H,2,5,11H2,1H3. The Kier molecular flexibility index (Phi) is 3.59. The predicted octanol–water partition coefficient (Wildman–Crippen LogP) is 2.04. The van der Waals surface area contributed by atoms with Crippen LogP contribution in [-0.4, -0.2) is 10.7 Å². The molecule has 13 heavy (non-hydrogen) atoms. The van der Waals surface area contributed by atoms with Crippen molar-refractivity contribution in [1.82, 2.24) is 4.98 Å². The average molecular weight is 193 g/mol. The summed E-state index contributed by atoms with van der Waals surface area (Å²) in [6.07, 6.45) is 2.69. The first kappa shape index (κ1) is 9.87. The highest BCUT2D eigenvalue weighted by Gasteiger charge is 2.05. The van der Waals surface area contributed by atoms with Gasteiger partial charge in [0.25, 0.3) is 0 Å². The number of nitrogen functional groups attached to an aromatic ring is 1. The van der Waals surface area contributed by atoms with Crippen molar-refractivity contribution in [2.24, 2.45) is 0 Å². The van der Waals surface area contributed by atoms with Gasteiger partial charge in [0.05, 0.1) is 11.3 Å². The van der Waals surface area contributed by atoms with E-state index in [9.17, 15) is 0 Å². The van der Waals surface area contributed by atoms with Gasteiger partial charge >= 0.3 is 0 Å². The van der Waals surface area contributed by atoms with Crippen molar-refractivity contribution in [1.29, 1.82) is 5.26 Å². The Hall–Kier alpha value is -1.21. The number of rotatable bonds is 3. The summed E-state index contributed by atoms with van der Waals surface area (Å²) < 4.78 is 0. The van der Waals surface area contributed by atoms with Crippen molar-refractivity contribution >= 4 is 17.4 Å². The quantitative estimate of drug-likeness (QED) is 0.746. The molecule has 0 unspecified atom stereocenters. The van der Waals surface area contributed by atoms with Gasteiger partial charge in [0, 0.05) is 6.20 Å². The molecule has 2 N–H and O–H groups in total. The zero-order valence-electron chi connectivity index (χ0n) is 7.45. The van der Waals surface area contributed by atoms with Gasteiger partial charge < -0.3 is 5.73 Å². The molecular formula is C9H11N3S. The largest absolute Gasteiger partial charge is 0.395 e. The van der Waals surface area contributed by atoms with Crippen LogP contribution in [0.15, 0.2) is 17.3 Å². The van der Waals surface area contributed by atoms with Gasteiger partial charge in [-0.25, -0.2) is 4.98 Å². The zero-order valence-corrected chi connectivity index (χ0v) is 8.27. The summed E-state index contributed by atoms with van der Waals surface area (Å²) in [5.41, 5.74) is 6.74. The second-order valence-corrected chi connectivity index (χ2v) is 3.62. The minimum Gasteiger partial charge on any atom is -0.395 e. The Morgan fingerprint density at radius 1 is 1.69 bits per heavy atom. The maximum Gasteiger partial charge on any atom is 0.120 e. The van der Waals surface area contributed by atoms with Crippen molar-refractivity contribution < 1.29 is 0 Å². The fourth-order valence-corrected chi connectivity index (χ4v) is 1.66. The van der Waals surface area contributed by atoms with Crippen LogP contribution in [0.3, 0.4) is 0 Å². The van der Waals surface area contributed by atoms with Crippen LogP contribution in [-0.2, 0) is 0 Å². The first-order chi connectivity index (χ1) is 6.29. The van der Waals surface area contributed by atoms with E-state index in [1.165, 1.54) is 0 Å². The van der Waals surface area contributed by atoms with E-state index in [2.05, 4.69) is 11.9 Å². The maximum atomic E-state index is 8.70. The number of aromatic nitrogens is 1. The molecule has 0 amide bonds. The lowest BCUT2D eigenvalue weighted by molar-refractivity contribution is 1.08. The highest BCUT2D eigenvalue weighted by molar-refractivity contribution is 7.99. The summed E-state index contributed by atoms with van der Waals surface area (Å²) in [6.45, 7) is 2.09. The molecule has 0 aromatic carbocycles. The number of anilines is 1. The van der Waals surface area contributed by atoms with Crippen molar-refractivity contribution in [2.45, 2.75) is 18.4 Å². The molecule has 3 nitrogen and oxygen atoms in total. The van der Waals surface area contributed by atoms with Crippen LogP contribution in [0.25, 0.3) is 0 Å². The Morgan fingerprint density at radius 3 is 3.08 bits per heavy atom. The molecule has 0 aliphatic heterocycles. The van der Waals surface area contributed by atoms with Gasteiger partial charge in [-0.2, -0.15) is 5.26 Å². The molecule has 1 rings (SSSR count). The minimum atomic E-state index is 0.503. The van der Waals surface area contributed by atoms with E-state index in [0.717, 1.165) is 17.2 Å².